The first-order valence-electron chi connectivity index (χ1n) is 5.53. The summed E-state index contributed by atoms with van der Waals surface area (Å²) in [7, 11) is 0. The van der Waals surface area contributed by atoms with Crippen molar-refractivity contribution in [3.05, 3.63) is 58.7 Å². The fraction of sp³-hybridized carbons (Fsp3) is 0.0769. The molecule has 0 radical (unpaired) electrons. The van der Waals surface area contributed by atoms with Gasteiger partial charge in [-0.25, -0.2) is 10.8 Å². The topological polar surface area (TPSA) is 68.0 Å². The van der Waals surface area contributed by atoms with Gasteiger partial charge in [-0.1, -0.05) is 23.7 Å². The standard InChI is InChI=1S/C13H12ClN3OS/c14-11-5-6-12(16-7-11)19-8-9-1-3-10(4-2-9)13(18)17-15/h1-7H,8,15H2,(H,17,18). The van der Waals surface area contributed by atoms with E-state index in [1.807, 2.05) is 24.3 Å². The van der Waals surface area contributed by atoms with Crippen LogP contribution in [0.2, 0.25) is 5.02 Å². The molecule has 0 bridgehead atoms. The number of nitrogens with zero attached hydrogens (tertiary/aromatic N) is 1. The second-order valence-corrected chi connectivity index (χ2v) is 5.21. The number of nitrogen functional groups attached to an aromatic ring is 1. The number of hydrogen-bond donors (Lipinski definition) is 2. The van der Waals surface area contributed by atoms with E-state index in [-0.39, 0.29) is 5.91 Å². The van der Waals surface area contributed by atoms with Crippen molar-refractivity contribution >= 4 is 29.3 Å². The molecule has 1 aromatic heterocycles. The Kier molecular flexibility index (Phi) is 4.79. The van der Waals surface area contributed by atoms with Gasteiger partial charge in [-0.2, -0.15) is 0 Å². The first-order chi connectivity index (χ1) is 9.19. The van der Waals surface area contributed by atoms with Gasteiger partial charge in [-0.05, 0) is 29.8 Å². The molecule has 0 aliphatic heterocycles. The van der Waals surface area contributed by atoms with Gasteiger partial charge in [0, 0.05) is 17.5 Å². The number of nitrogens with two attached hydrogens (primary N) is 1. The van der Waals surface area contributed by atoms with E-state index in [9.17, 15) is 4.79 Å². The Morgan fingerprint density at radius 2 is 2.00 bits per heavy atom. The highest BCUT2D eigenvalue weighted by atomic mass is 35.5. The molecule has 1 amide bonds. The van der Waals surface area contributed by atoms with Crippen LogP contribution in [0.5, 0.6) is 0 Å². The van der Waals surface area contributed by atoms with E-state index < -0.39 is 0 Å². The maximum absolute atomic E-state index is 11.3. The van der Waals surface area contributed by atoms with Gasteiger partial charge in [0.2, 0.25) is 0 Å². The molecule has 4 nitrogen and oxygen atoms in total. The van der Waals surface area contributed by atoms with Gasteiger partial charge in [-0.15, -0.1) is 11.8 Å². The molecule has 0 aliphatic rings. The highest BCUT2D eigenvalue weighted by Gasteiger charge is 2.03. The summed E-state index contributed by atoms with van der Waals surface area (Å²) in [6, 6.07) is 11.0. The lowest BCUT2D eigenvalue weighted by atomic mass is 10.1. The summed E-state index contributed by atoms with van der Waals surface area (Å²) in [6.07, 6.45) is 1.62. The predicted octanol–water partition coefficient (Wildman–Crippen LogP) is 2.63. The number of pyridine rings is 1. The van der Waals surface area contributed by atoms with Crippen LogP contribution >= 0.6 is 23.4 Å². The van der Waals surface area contributed by atoms with E-state index in [0.717, 1.165) is 16.3 Å². The van der Waals surface area contributed by atoms with Crippen molar-refractivity contribution in [1.29, 1.82) is 0 Å². The molecule has 1 heterocycles. The van der Waals surface area contributed by atoms with Crippen LogP contribution in [0.4, 0.5) is 0 Å². The maximum atomic E-state index is 11.3. The number of hydrogen-bond acceptors (Lipinski definition) is 4. The van der Waals surface area contributed by atoms with Crippen LogP contribution in [0.25, 0.3) is 0 Å². The van der Waals surface area contributed by atoms with Crippen molar-refractivity contribution in [3.8, 4) is 0 Å². The minimum absolute atomic E-state index is 0.293. The number of rotatable bonds is 4. The number of carbonyl (C=O) groups excluding carboxylic acids is 1. The summed E-state index contributed by atoms with van der Waals surface area (Å²) in [5.41, 5.74) is 3.75. The molecular weight excluding hydrogens is 282 g/mol. The van der Waals surface area contributed by atoms with Gasteiger partial charge < -0.3 is 0 Å². The number of hydrazine groups is 1. The Labute approximate surface area is 120 Å². The average molecular weight is 294 g/mol. The van der Waals surface area contributed by atoms with Crippen molar-refractivity contribution in [2.45, 2.75) is 10.8 Å². The van der Waals surface area contributed by atoms with Crippen LogP contribution in [-0.4, -0.2) is 10.9 Å². The van der Waals surface area contributed by atoms with Gasteiger partial charge in [0.1, 0.15) is 0 Å². The summed E-state index contributed by atoms with van der Waals surface area (Å²) in [6.45, 7) is 0. The van der Waals surface area contributed by atoms with E-state index in [1.165, 1.54) is 0 Å². The highest BCUT2D eigenvalue weighted by Crippen LogP contribution is 2.22. The van der Waals surface area contributed by atoms with Crippen molar-refractivity contribution in [2.24, 2.45) is 5.84 Å². The zero-order chi connectivity index (χ0) is 13.7. The first-order valence-corrected chi connectivity index (χ1v) is 6.89. The quantitative estimate of drug-likeness (QED) is 0.393. The number of aromatic nitrogens is 1. The monoisotopic (exact) mass is 293 g/mol. The largest absolute Gasteiger partial charge is 0.290 e. The molecule has 6 heteroatoms. The third kappa shape index (κ3) is 3.96. The fourth-order valence-electron chi connectivity index (χ4n) is 1.44. The Balaban J connectivity index is 1.96. The zero-order valence-electron chi connectivity index (χ0n) is 9.97. The van der Waals surface area contributed by atoms with Crippen LogP contribution in [0, 0.1) is 0 Å². The summed E-state index contributed by atoms with van der Waals surface area (Å²) in [4.78, 5) is 15.5. The number of carbonyl (C=O) groups is 1. The van der Waals surface area contributed by atoms with Crippen LogP contribution in [-0.2, 0) is 5.75 Å². The molecule has 3 N–H and O–H groups in total. The summed E-state index contributed by atoms with van der Waals surface area (Å²) in [5, 5.41) is 1.54. The molecule has 0 aliphatic carbocycles. The molecule has 19 heavy (non-hydrogen) atoms. The lowest BCUT2D eigenvalue weighted by Crippen LogP contribution is -2.29. The Morgan fingerprint density at radius 1 is 1.26 bits per heavy atom. The molecule has 2 aromatic rings. The van der Waals surface area contributed by atoms with Crippen molar-refractivity contribution < 1.29 is 4.79 Å². The third-order valence-corrected chi connectivity index (χ3v) is 3.67. The molecule has 1 aromatic carbocycles. The van der Waals surface area contributed by atoms with E-state index in [1.54, 1.807) is 30.1 Å². The van der Waals surface area contributed by atoms with Crippen molar-refractivity contribution in [2.75, 3.05) is 0 Å². The Hall–Kier alpha value is -1.56. The summed E-state index contributed by atoms with van der Waals surface area (Å²) < 4.78 is 0. The molecule has 0 spiro atoms. The van der Waals surface area contributed by atoms with Gasteiger partial charge in [0.05, 0.1) is 10.0 Å². The van der Waals surface area contributed by atoms with Crippen molar-refractivity contribution in [1.82, 2.24) is 10.4 Å². The lowest BCUT2D eigenvalue weighted by Gasteiger charge is -2.03. The number of halogens is 1. The number of nitrogens with one attached hydrogen (secondary N) is 1. The highest BCUT2D eigenvalue weighted by molar-refractivity contribution is 7.98. The Bertz CT molecular complexity index is 557. The van der Waals surface area contributed by atoms with E-state index >= 15 is 0 Å². The third-order valence-electron chi connectivity index (χ3n) is 2.43. The lowest BCUT2D eigenvalue weighted by molar-refractivity contribution is 0.0953. The zero-order valence-corrected chi connectivity index (χ0v) is 11.5. The average Bonchev–Trinajstić information content (AvgIpc) is 2.46. The molecule has 0 fully saturated rings. The minimum Gasteiger partial charge on any atom is -0.290 e. The Morgan fingerprint density at radius 3 is 2.58 bits per heavy atom. The second-order valence-electron chi connectivity index (χ2n) is 3.77. The van der Waals surface area contributed by atoms with Crippen LogP contribution in [0.3, 0.4) is 0 Å². The molecule has 0 saturated heterocycles. The van der Waals surface area contributed by atoms with Gasteiger partial charge in [0.25, 0.3) is 5.91 Å². The van der Waals surface area contributed by atoms with Crippen molar-refractivity contribution in [3.63, 3.8) is 0 Å². The molecule has 0 unspecified atom stereocenters. The van der Waals surface area contributed by atoms with Crippen LogP contribution < -0.4 is 11.3 Å². The molecule has 0 atom stereocenters. The van der Waals surface area contributed by atoms with Crippen LogP contribution in [0.1, 0.15) is 15.9 Å². The SMILES string of the molecule is NNC(=O)c1ccc(CSc2ccc(Cl)cn2)cc1. The van der Waals surface area contributed by atoms with Gasteiger partial charge in [-0.3, -0.25) is 10.2 Å². The molecular formula is C13H12ClN3OS. The van der Waals surface area contributed by atoms with Gasteiger partial charge >= 0.3 is 0 Å². The summed E-state index contributed by atoms with van der Waals surface area (Å²) in [5.74, 6) is 5.55. The predicted molar refractivity (Wildman–Crippen MR) is 76.9 cm³/mol. The number of benzene rings is 1. The minimum atomic E-state index is -0.293. The summed E-state index contributed by atoms with van der Waals surface area (Å²) >= 11 is 7.38. The van der Waals surface area contributed by atoms with Crippen LogP contribution in [0.15, 0.2) is 47.6 Å². The van der Waals surface area contributed by atoms with E-state index in [2.05, 4.69) is 10.4 Å². The maximum Gasteiger partial charge on any atom is 0.265 e. The molecule has 98 valence electrons. The normalized spacial score (nSPS) is 10.2. The number of amides is 1. The molecule has 0 saturated carbocycles. The van der Waals surface area contributed by atoms with Gasteiger partial charge in [0.15, 0.2) is 0 Å². The van der Waals surface area contributed by atoms with E-state index in [4.69, 9.17) is 17.4 Å². The fourth-order valence-corrected chi connectivity index (χ4v) is 2.35. The molecule has 2 rings (SSSR count). The van der Waals surface area contributed by atoms with E-state index in [0.29, 0.717) is 10.6 Å². The first kappa shape index (κ1) is 13.9. The smallest absolute Gasteiger partial charge is 0.265 e. The second kappa shape index (κ2) is 6.56. The number of thioether (sulfide) groups is 1.